The molecule has 6 heteroatoms. The fourth-order valence-corrected chi connectivity index (χ4v) is 1.46. The number of allylic oxidation sites excluding steroid dienone is 2. The maximum absolute atomic E-state index is 13.3. The Hall–Kier alpha value is -2.50. The molecule has 1 aromatic heterocycles. The monoisotopic (exact) mass is 278 g/mol. The summed E-state index contributed by atoms with van der Waals surface area (Å²) in [4.78, 5) is 3.90. The summed E-state index contributed by atoms with van der Waals surface area (Å²) in [5, 5.41) is 6.50. The van der Waals surface area contributed by atoms with Crippen molar-refractivity contribution in [3.8, 4) is 0 Å². The van der Waals surface area contributed by atoms with Crippen LogP contribution >= 0.6 is 0 Å². The van der Waals surface area contributed by atoms with E-state index >= 15 is 0 Å². The van der Waals surface area contributed by atoms with E-state index in [0.717, 1.165) is 6.20 Å². The summed E-state index contributed by atoms with van der Waals surface area (Å²) >= 11 is 0. The SMILES string of the molecule is C=C(N)/C(F)=C\N=C(/C)c1n[nH]c(C(=C)F)c1/C=C\C. The first-order valence-electron chi connectivity index (χ1n) is 5.79. The Kier molecular flexibility index (Phi) is 5.14. The van der Waals surface area contributed by atoms with Gasteiger partial charge in [-0.1, -0.05) is 25.3 Å². The highest BCUT2D eigenvalue weighted by Crippen LogP contribution is 2.22. The number of aliphatic imine (C=N–C) groups is 1. The first-order chi connectivity index (χ1) is 9.38. The molecule has 0 aliphatic heterocycles. The average molecular weight is 278 g/mol. The van der Waals surface area contributed by atoms with Crippen molar-refractivity contribution in [1.82, 2.24) is 10.2 Å². The van der Waals surface area contributed by atoms with Crippen LogP contribution < -0.4 is 5.73 Å². The van der Waals surface area contributed by atoms with Gasteiger partial charge in [0.25, 0.3) is 0 Å². The zero-order valence-corrected chi connectivity index (χ0v) is 11.4. The van der Waals surface area contributed by atoms with Crippen LogP contribution in [0.15, 0.2) is 42.0 Å². The number of aromatic amines is 1. The van der Waals surface area contributed by atoms with Crippen molar-refractivity contribution in [3.05, 3.63) is 53.9 Å². The van der Waals surface area contributed by atoms with Gasteiger partial charge in [0, 0.05) is 5.56 Å². The summed E-state index contributed by atoms with van der Waals surface area (Å²) < 4.78 is 26.5. The molecule has 4 nitrogen and oxygen atoms in total. The van der Waals surface area contributed by atoms with Gasteiger partial charge < -0.3 is 5.73 Å². The van der Waals surface area contributed by atoms with Gasteiger partial charge >= 0.3 is 0 Å². The van der Waals surface area contributed by atoms with Gasteiger partial charge in [-0.3, -0.25) is 10.1 Å². The highest BCUT2D eigenvalue weighted by atomic mass is 19.1. The Bertz CT molecular complexity index is 621. The van der Waals surface area contributed by atoms with Gasteiger partial charge in [0.1, 0.15) is 17.2 Å². The number of hydrogen-bond acceptors (Lipinski definition) is 3. The molecule has 1 aromatic rings. The summed E-state index contributed by atoms with van der Waals surface area (Å²) in [5.41, 5.74) is 6.44. The molecule has 106 valence electrons. The van der Waals surface area contributed by atoms with Gasteiger partial charge in [0.2, 0.25) is 0 Å². The van der Waals surface area contributed by atoms with Crippen molar-refractivity contribution in [3.63, 3.8) is 0 Å². The van der Waals surface area contributed by atoms with Crippen LogP contribution in [0.2, 0.25) is 0 Å². The summed E-state index contributed by atoms with van der Waals surface area (Å²) in [7, 11) is 0. The lowest BCUT2D eigenvalue weighted by atomic mass is 10.1. The van der Waals surface area contributed by atoms with Crippen molar-refractivity contribution < 1.29 is 8.78 Å². The van der Waals surface area contributed by atoms with Crippen LogP contribution in [0.1, 0.15) is 30.8 Å². The molecule has 0 aliphatic carbocycles. The van der Waals surface area contributed by atoms with Gasteiger partial charge in [-0.25, -0.2) is 8.78 Å². The first-order valence-corrected chi connectivity index (χ1v) is 5.79. The van der Waals surface area contributed by atoms with Gasteiger partial charge in [-0.15, -0.1) is 0 Å². The summed E-state index contributed by atoms with van der Waals surface area (Å²) in [6.07, 6.45) is 4.34. The summed E-state index contributed by atoms with van der Waals surface area (Å²) in [6.45, 7) is 9.88. The van der Waals surface area contributed by atoms with Crippen molar-refractivity contribution in [2.24, 2.45) is 10.7 Å². The number of nitrogens with zero attached hydrogens (tertiary/aromatic N) is 2. The van der Waals surface area contributed by atoms with Gasteiger partial charge in [0.15, 0.2) is 5.83 Å². The zero-order valence-electron chi connectivity index (χ0n) is 11.4. The maximum Gasteiger partial charge on any atom is 0.163 e. The molecule has 0 atom stereocenters. The second-order valence-corrected chi connectivity index (χ2v) is 3.98. The molecular weight excluding hydrogens is 262 g/mol. The molecule has 1 rings (SSSR count). The van der Waals surface area contributed by atoms with E-state index in [4.69, 9.17) is 5.73 Å². The number of nitrogens with one attached hydrogen (secondary N) is 1. The Labute approximate surface area is 116 Å². The number of hydrogen-bond donors (Lipinski definition) is 2. The van der Waals surface area contributed by atoms with Gasteiger partial charge in [-0.05, 0) is 13.8 Å². The molecule has 0 aliphatic rings. The van der Waals surface area contributed by atoms with Crippen LogP contribution in [0.4, 0.5) is 8.78 Å². The number of nitrogens with two attached hydrogens (primary N) is 1. The van der Waals surface area contributed by atoms with Crippen LogP contribution in [0, 0.1) is 0 Å². The summed E-state index contributed by atoms with van der Waals surface area (Å²) in [6, 6.07) is 0. The molecule has 0 radical (unpaired) electrons. The van der Waals surface area contributed by atoms with Crippen LogP contribution in [0.5, 0.6) is 0 Å². The molecule has 3 N–H and O–H groups in total. The Morgan fingerprint density at radius 1 is 1.40 bits per heavy atom. The van der Waals surface area contributed by atoms with E-state index in [-0.39, 0.29) is 11.4 Å². The van der Waals surface area contributed by atoms with Crippen molar-refractivity contribution in [2.45, 2.75) is 13.8 Å². The highest BCUT2D eigenvalue weighted by Gasteiger charge is 2.15. The lowest BCUT2D eigenvalue weighted by Gasteiger charge is -1.99. The number of aromatic nitrogens is 2. The third kappa shape index (κ3) is 3.50. The lowest BCUT2D eigenvalue weighted by molar-refractivity contribution is 0.646. The van der Waals surface area contributed by atoms with Crippen LogP contribution in [-0.4, -0.2) is 15.9 Å². The number of halogens is 2. The molecule has 0 spiro atoms. The largest absolute Gasteiger partial charge is 0.397 e. The standard InChI is InChI=1S/C14H16F2N4/c1-5-6-11-13(8(2)15)19-20-14(11)10(4)18-7-12(16)9(3)17/h5-7H,2-3,17H2,1,4H3,(H,19,20)/b6-5-,12-7+,18-10+. The maximum atomic E-state index is 13.3. The fourth-order valence-electron chi connectivity index (χ4n) is 1.46. The topological polar surface area (TPSA) is 67.1 Å². The molecular formula is C14H16F2N4. The molecule has 0 unspecified atom stereocenters. The minimum Gasteiger partial charge on any atom is -0.397 e. The number of rotatable bonds is 5. The predicted molar refractivity (Wildman–Crippen MR) is 78.2 cm³/mol. The van der Waals surface area contributed by atoms with Crippen molar-refractivity contribution in [1.29, 1.82) is 0 Å². The van der Waals surface area contributed by atoms with Crippen LogP contribution in [-0.2, 0) is 0 Å². The quantitative estimate of drug-likeness (QED) is 0.639. The van der Waals surface area contributed by atoms with E-state index in [1.54, 1.807) is 26.0 Å². The Morgan fingerprint density at radius 2 is 2.05 bits per heavy atom. The van der Waals surface area contributed by atoms with Gasteiger partial charge in [-0.2, -0.15) is 5.10 Å². The van der Waals surface area contributed by atoms with Crippen molar-refractivity contribution in [2.75, 3.05) is 0 Å². The van der Waals surface area contributed by atoms with Crippen LogP contribution in [0.25, 0.3) is 11.9 Å². The fraction of sp³-hybridized carbons (Fsp3) is 0.143. The van der Waals surface area contributed by atoms with E-state index in [1.165, 1.54) is 0 Å². The lowest BCUT2D eigenvalue weighted by Crippen LogP contribution is -1.99. The molecule has 0 saturated carbocycles. The highest BCUT2D eigenvalue weighted by molar-refractivity contribution is 6.01. The molecule has 0 aromatic carbocycles. The molecule has 0 saturated heterocycles. The van der Waals surface area contributed by atoms with E-state index in [1.807, 2.05) is 0 Å². The third-order valence-corrected chi connectivity index (χ3v) is 2.43. The normalized spacial score (nSPS) is 13.0. The second-order valence-electron chi connectivity index (χ2n) is 3.98. The van der Waals surface area contributed by atoms with E-state index in [9.17, 15) is 8.78 Å². The minimum atomic E-state index is -0.734. The third-order valence-electron chi connectivity index (χ3n) is 2.43. The first kappa shape index (κ1) is 15.6. The second kappa shape index (κ2) is 6.60. The zero-order chi connectivity index (χ0) is 15.3. The molecule has 1 heterocycles. The average Bonchev–Trinajstić information content (AvgIpc) is 2.79. The molecule has 0 amide bonds. The molecule has 20 heavy (non-hydrogen) atoms. The number of H-pyrrole nitrogens is 1. The van der Waals surface area contributed by atoms with E-state index in [2.05, 4.69) is 28.3 Å². The summed E-state index contributed by atoms with van der Waals surface area (Å²) in [5.74, 6) is -1.37. The van der Waals surface area contributed by atoms with E-state index < -0.39 is 11.7 Å². The predicted octanol–water partition coefficient (Wildman–Crippen LogP) is 3.48. The molecule has 0 bridgehead atoms. The van der Waals surface area contributed by atoms with Gasteiger partial charge in [0.05, 0.1) is 17.6 Å². The van der Waals surface area contributed by atoms with E-state index in [0.29, 0.717) is 17.0 Å². The van der Waals surface area contributed by atoms with Crippen LogP contribution in [0.3, 0.4) is 0 Å². The minimum absolute atomic E-state index is 0.167. The Balaban J connectivity index is 3.26. The smallest absolute Gasteiger partial charge is 0.163 e. The molecule has 0 fully saturated rings. The van der Waals surface area contributed by atoms with Crippen molar-refractivity contribution >= 4 is 17.6 Å². The Morgan fingerprint density at radius 3 is 2.55 bits per heavy atom.